The molecule has 1 aliphatic rings. The lowest BCUT2D eigenvalue weighted by atomic mass is 10.1. The van der Waals surface area contributed by atoms with Crippen molar-refractivity contribution >= 4 is 39.2 Å². The van der Waals surface area contributed by atoms with Crippen LogP contribution in [0.5, 0.6) is 0 Å². The number of hydrogen-bond acceptors (Lipinski definition) is 6. The minimum atomic E-state index is -0.361. The summed E-state index contributed by atoms with van der Waals surface area (Å²) in [5.74, 6) is 0.860. The van der Waals surface area contributed by atoms with Gasteiger partial charge in [-0.25, -0.2) is 15.0 Å². The molecule has 0 bridgehead atoms. The number of imidazole rings is 1. The Morgan fingerprint density at radius 1 is 1.19 bits per heavy atom. The molecule has 3 heterocycles. The molecule has 32 heavy (non-hydrogen) atoms. The first kappa shape index (κ1) is 21.9. The van der Waals surface area contributed by atoms with E-state index >= 15 is 0 Å². The Labute approximate surface area is 194 Å². The third kappa shape index (κ3) is 4.80. The summed E-state index contributed by atoms with van der Waals surface area (Å²) in [5, 5.41) is 6.10. The number of aryl methyl sites for hydroxylation is 1. The van der Waals surface area contributed by atoms with Gasteiger partial charge in [0.2, 0.25) is 11.8 Å². The topological polar surface area (TPSA) is 105 Å². The molecule has 10 heteroatoms. The van der Waals surface area contributed by atoms with Crippen molar-refractivity contribution in [1.82, 2.24) is 24.8 Å². The second-order valence-electron chi connectivity index (χ2n) is 7.65. The van der Waals surface area contributed by atoms with Crippen LogP contribution in [-0.2, 0) is 9.59 Å². The normalized spacial score (nSPS) is 15.8. The highest BCUT2D eigenvalue weighted by Gasteiger charge is 2.34. The summed E-state index contributed by atoms with van der Waals surface area (Å²) in [6.07, 6.45) is 3.44. The van der Waals surface area contributed by atoms with E-state index < -0.39 is 0 Å². The molecule has 1 atom stereocenters. The summed E-state index contributed by atoms with van der Waals surface area (Å²) in [7, 11) is 0. The van der Waals surface area contributed by atoms with Crippen LogP contribution in [0.3, 0.4) is 0 Å². The number of rotatable bonds is 7. The summed E-state index contributed by atoms with van der Waals surface area (Å²) in [6.45, 7) is 5.24. The van der Waals surface area contributed by atoms with Crippen LogP contribution in [0.15, 0.2) is 47.5 Å². The first-order valence-corrected chi connectivity index (χ1v) is 11.1. The van der Waals surface area contributed by atoms with Gasteiger partial charge >= 0.3 is 0 Å². The maximum atomic E-state index is 12.6. The molecule has 0 saturated carbocycles. The van der Waals surface area contributed by atoms with Crippen molar-refractivity contribution in [2.24, 2.45) is 5.92 Å². The van der Waals surface area contributed by atoms with Crippen LogP contribution in [0.2, 0.25) is 0 Å². The lowest BCUT2D eigenvalue weighted by Gasteiger charge is -2.17. The minimum absolute atomic E-state index is 0.0417. The van der Waals surface area contributed by atoms with E-state index in [4.69, 9.17) is 0 Å². The number of hydrogen-bond donors (Lipinski definition) is 2. The van der Waals surface area contributed by atoms with Crippen molar-refractivity contribution < 1.29 is 9.59 Å². The number of nitrogens with zero attached hydrogens (tertiary/aromatic N) is 5. The van der Waals surface area contributed by atoms with E-state index in [0.717, 1.165) is 27.4 Å². The molecule has 1 aliphatic heterocycles. The third-order valence-corrected chi connectivity index (χ3v) is 5.99. The van der Waals surface area contributed by atoms with Crippen molar-refractivity contribution in [3.63, 3.8) is 0 Å². The molecule has 0 spiro atoms. The quantitative estimate of drug-likeness (QED) is 0.486. The number of halogens is 1. The van der Waals surface area contributed by atoms with Crippen LogP contribution >= 0.6 is 15.9 Å². The largest absolute Gasteiger partial charge is 0.368 e. The van der Waals surface area contributed by atoms with Gasteiger partial charge in [0.1, 0.15) is 24.3 Å². The molecule has 1 fully saturated rings. The van der Waals surface area contributed by atoms with Gasteiger partial charge < -0.3 is 15.5 Å². The fourth-order valence-corrected chi connectivity index (χ4v) is 3.99. The summed E-state index contributed by atoms with van der Waals surface area (Å²) in [4.78, 5) is 39.4. The van der Waals surface area contributed by atoms with Crippen molar-refractivity contribution in [2.45, 2.75) is 20.3 Å². The monoisotopic (exact) mass is 497 g/mol. The Morgan fingerprint density at radius 2 is 2.03 bits per heavy atom. The molecule has 2 aromatic heterocycles. The Kier molecular flexibility index (Phi) is 6.50. The minimum Gasteiger partial charge on any atom is -0.368 e. The SMILES string of the molecule is Cc1ncn(-c2cc(NCCNC(=O)C3CC(=O)N(c4cccc(Br)c4)C3)ncn2)c1C. The Hall–Kier alpha value is -3.27. The molecule has 166 valence electrons. The number of aromatic nitrogens is 4. The summed E-state index contributed by atoms with van der Waals surface area (Å²) in [6, 6.07) is 9.36. The highest BCUT2D eigenvalue weighted by atomic mass is 79.9. The number of nitrogens with one attached hydrogen (secondary N) is 2. The lowest BCUT2D eigenvalue weighted by Crippen LogP contribution is -2.35. The molecular weight excluding hydrogens is 474 g/mol. The van der Waals surface area contributed by atoms with Crippen LogP contribution in [0.25, 0.3) is 5.82 Å². The van der Waals surface area contributed by atoms with Gasteiger partial charge in [-0.2, -0.15) is 0 Å². The standard InChI is InChI=1S/C22H24BrN7O2/c1-14-15(2)30(13-28-14)20-10-19(26-12-27-20)24-6-7-25-22(32)16-8-21(31)29(11-16)18-5-3-4-17(23)9-18/h3-5,9-10,12-13,16H,6-8,11H2,1-2H3,(H,25,32)(H,24,26,27). The summed E-state index contributed by atoms with van der Waals surface area (Å²) in [5.41, 5.74) is 2.76. The highest BCUT2D eigenvalue weighted by Crippen LogP contribution is 2.27. The first-order valence-electron chi connectivity index (χ1n) is 10.3. The van der Waals surface area contributed by atoms with E-state index in [1.807, 2.05) is 48.7 Å². The number of carbonyl (C=O) groups is 2. The van der Waals surface area contributed by atoms with Crippen molar-refractivity contribution in [2.75, 3.05) is 29.9 Å². The van der Waals surface area contributed by atoms with Gasteiger partial charge in [0.15, 0.2) is 0 Å². The molecule has 9 nitrogen and oxygen atoms in total. The van der Waals surface area contributed by atoms with Crippen LogP contribution in [0.4, 0.5) is 11.5 Å². The molecular formula is C22H24BrN7O2. The van der Waals surface area contributed by atoms with Crippen LogP contribution in [0.1, 0.15) is 17.8 Å². The molecule has 0 radical (unpaired) electrons. The van der Waals surface area contributed by atoms with Gasteiger partial charge in [-0.1, -0.05) is 22.0 Å². The lowest BCUT2D eigenvalue weighted by molar-refractivity contribution is -0.126. The highest BCUT2D eigenvalue weighted by molar-refractivity contribution is 9.10. The molecule has 2 N–H and O–H groups in total. The van der Waals surface area contributed by atoms with E-state index in [0.29, 0.717) is 25.5 Å². The zero-order valence-electron chi connectivity index (χ0n) is 17.9. The van der Waals surface area contributed by atoms with Crippen LogP contribution in [0, 0.1) is 19.8 Å². The zero-order valence-corrected chi connectivity index (χ0v) is 19.5. The van der Waals surface area contributed by atoms with Gasteiger partial charge in [-0.3, -0.25) is 14.2 Å². The van der Waals surface area contributed by atoms with Crippen LogP contribution in [-0.4, -0.2) is 51.0 Å². The smallest absolute Gasteiger partial charge is 0.227 e. The Morgan fingerprint density at radius 3 is 2.78 bits per heavy atom. The van der Waals surface area contributed by atoms with Gasteiger partial charge in [0, 0.05) is 48.0 Å². The molecule has 1 unspecified atom stereocenters. The van der Waals surface area contributed by atoms with E-state index in [1.165, 1.54) is 6.33 Å². The van der Waals surface area contributed by atoms with E-state index in [2.05, 4.69) is 41.5 Å². The molecule has 0 aliphatic carbocycles. The van der Waals surface area contributed by atoms with Gasteiger partial charge in [-0.15, -0.1) is 0 Å². The zero-order chi connectivity index (χ0) is 22.7. The summed E-state index contributed by atoms with van der Waals surface area (Å²) < 4.78 is 2.80. The molecule has 4 rings (SSSR count). The third-order valence-electron chi connectivity index (χ3n) is 5.50. The van der Waals surface area contributed by atoms with Crippen molar-refractivity contribution in [1.29, 1.82) is 0 Å². The number of benzene rings is 1. The fraction of sp³-hybridized carbons (Fsp3) is 0.318. The number of amides is 2. The average Bonchev–Trinajstić information content (AvgIpc) is 3.33. The molecule has 3 aromatic rings. The van der Waals surface area contributed by atoms with E-state index in [1.54, 1.807) is 11.2 Å². The van der Waals surface area contributed by atoms with Gasteiger partial charge in [-0.05, 0) is 32.0 Å². The van der Waals surface area contributed by atoms with E-state index in [9.17, 15) is 9.59 Å². The predicted octanol–water partition coefficient (Wildman–Crippen LogP) is 2.62. The van der Waals surface area contributed by atoms with Gasteiger partial charge in [0.05, 0.1) is 11.6 Å². The maximum Gasteiger partial charge on any atom is 0.227 e. The maximum absolute atomic E-state index is 12.6. The van der Waals surface area contributed by atoms with Gasteiger partial charge in [0.25, 0.3) is 0 Å². The molecule has 2 amide bonds. The predicted molar refractivity (Wildman–Crippen MR) is 125 cm³/mol. The summed E-state index contributed by atoms with van der Waals surface area (Å²) >= 11 is 3.42. The second kappa shape index (κ2) is 9.47. The Bertz CT molecular complexity index is 1150. The average molecular weight is 498 g/mol. The van der Waals surface area contributed by atoms with Crippen molar-refractivity contribution in [3.05, 3.63) is 58.8 Å². The van der Waals surface area contributed by atoms with E-state index in [-0.39, 0.29) is 24.2 Å². The first-order chi connectivity index (χ1) is 15.4. The fourth-order valence-electron chi connectivity index (χ4n) is 3.60. The second-order valence-corrected chi connectivity index (χ2v) is 8.57. The van der Waals surface area contributed by atoms with Crippen LogP contribution < -0.4 is 15.5 Å². The number of anilines is 2. The van der Waals surface area contributed by atoms with Crippen molar-refractivity contribution in [3.8, 4) is 5.82 Å². The molecule has 1 saturated heterocycles. The number of carbonyl (C=O) groups excluding carboxylic acids is 2. The molecule has 1 aromatic carbocycles. The Balaban J connectivity index is 1.27.